The Labute approximate surface area is 110 Å². The fraction of sp³-hybridized carbons (Fsp3) is 0.750. The van der Waals surface area contributed by atoms with Crippen LogP contribution in [0.5, 0.6) is 0 Å². The highest BCUT2D eigenvalue weighted by atomic mass is 32.1. The van der Waals surface area contributed by atoms with Crippen molar-refractivity contribution in [3.05, 3.63) is 10.8 Å². The van der Waals surface area contributed by atoms with E-state index in [1.54, 1.807) is 11.3 Å². The zero-order chi connectivity index (χ0) is 12.4. The first-order chi connectivity index (χ1) is 8.88. The average Bonchev–Trinajstić information content (AvgIpc) is 3.03. The number of fused-ring (bicyclic) bond motifs is 1. The summed E-state index contributed by atoms with van der Waals surface area (Å²) in [4.78, 5) is 0.944. The summed E-state index contributed by atoms with van der Waals surface area (Å²) in [6.07, 6.45) is 8.28. The van der Waals surface area contributed by atoms with Gasteiger partial charge in [0.25, 0.3) is 0 Å². The molecule has 1 aliphatic rings. The van der Waals surface area contributed by atoms with Gasteiger partial charge in [-0.1, -0.05) is 24.2 Å². The van der Waals surface area contributed by atoms with Crippen LogP contribution in [0.4, 0.5) is 0 Å². The van der Waals surface area contributed by atoms with Gasteiger partial charge >= 0.3 is 0 Å². The molecule has 0 atom stereocenters. The number of nitrogens with two attached hydrogens (primary N) is 1. The molecule has 2 aromatic rings. The second-order valence-electron chi connectivity index (χ2n) is 4.98. The molecule has 2 heterocycles. The minimum absolute atomic E-state index is 0.569. The number of hydrogen-bond donors (Lipinski definition) is 1. The third kappa shape index (κ3) is 2.27. The van der Waals surface area contributed by atoms with Gasteiger partial charge in [-0.25, -0.2) is 0 Å². The highest BCUT2D eigenvalue weighted by molar-refractivity contribution is 7.16. The predicted molar refractivity (Wildman–Crippen MR) is 71.9 cm³/mol. The van der Waals surface area contributed by atoms with Crippen LogP contribution in [0, 0.1) is 0 Å². The maximum Gasteiger partial charge on any atom is 0.234 e. The molecule has 1 saturated carbocycles. The topological polar surface area (TPSA) is 69.1 Å². The summed E-state index contributed by atoms with van der Waals surface area (Å²) < 4.78 is 1.97. The van der Waals surface area contributed by atoms with E-state index in [-0.39, 0.29) is 0 Å². The standard InChI is InChI=1S/C12H19N5S/c13-8-4-3-7-10-16-17-11(9-5-1-2-6-9)14-15-12(17)18-10/h9H,1-8,13H2. The van der Waals surface area contributed by atoms with E-state index in [4.69, 9.17) is 5.73 Å². The predicted octanol–water partition coefficient (Wildman–Crippen LogP) is 2.12. The van der Waals surface area contributed by atoms with Crippen molar-refractivity contribution in [3.8, 4) is 0 Å². The van der Waals surface area contributed by atoms with Crippen molar-refractivity contribution < 1.29 is 0 Å². The quantitative estimate of drug-likeness (QED) is 0.841. The molecule has 1 aliphatic carbocycles. The summed E-state index contributed by atoms with van der Waals surface area (Å²) in [6, 6.07) is 0. The zero-order valence-electron chi connectivity index (χ0n) is 10.5. The van der Waals surface area contributed by atoms with Crippen LogP contribution >= 0.6 is 11.3 Å². The van der Waals surface area contributed by atoms with E-state index in [1.807, 2.05) is 4.52 Å². The molecule has 3 rings (SSSR count). The maximum atomic E-state index is 5.51. The van der Waals surface area contributed by atoms with Gasteiger partial charge < -0.3 is 5.73 Å². The van der Waals surface area contributed by atoms with Gasteiger partial charge in [0.1, 0.15) is 5.01 Å². The highest BCUT2D eigenvalue weighted by Gasteiger charge is 2.23. The van der Waals surface area contributed by atoms with E-state index < -0.39 is 0 Å². The molecule has 0 unspecified atom stereocenters. The van der Waals surface area contributed by atoms with Gasteiger partial charge in [-0.15, -0.1) is 10.2 Å². The molecular weight excluding hydrogens is 246 g/mol. The number of aryl methyl sites for hydroxylation is 1. The summed E-state index contributed by atoms with van der Waals surface area (Å²) in [5, 5.41) is 14.4. The molecule has 0 spiro atoms. The minimum atomic E-state index is 0.569. The second-order valence-corrected chi connectivity index (χ2v) is 6.02. The number of aromatic nitrogens is 4. The van der Waals surface area contributed by atoms with Crippen molar-refractivity contribution in [1.29, 1.82) is 0 Å². The van der Waals surface area contributed by atoms with E-state index in [0.29, 0.717) is 5.92 Å². The largest absolute Gasteiger partial charge is 0.330 e. The van der Waals surface area contributed by atoms with Crippen LogP contribution in [0.25, 0.3) is 4.96 Å². The van der Waals surface area contributed by atoms with Crippen LogP contribution in [0.1, 0.15) is 55.3 Å². The highest BCUT2D eigenvalue weighted by Crippen LogP contribution is 2.33. The van der Waals surface area contributed by atoms with E-state index in [0.717, 1.165) is 41.6 Å². The van der Waals surface area contributed by atoms with Crippen LogP contribution in [0.3, 0.4) is 0 Å². The lowest BCUT2D eigenvalue weighted by Crippen LogP contribution is -2.02. The first-order valence-corrected chi connectivity index (χ1v) is 7.61. The molecule has 98 valence electrons. The third-order valence-corrected chi connectivity index (χ3v) is 4.58. The van der Waals surface area contributed by atoms with Crippen LogP contribution in [0.2, 0.25) is 0 Å². The van der Waals surface area contributed by atoms with Crippen LogP contribution in [0.15, 0.2) is 0 Å². The van der Waals surface area contributed by atoms with Gasteiger partial charge in [0, 0.05) is 12.3 Å². The van der Waals surface area contributed by atoms with Crippen LogP contribution in [-0.4, -0.2) is 26.4 Å². The average molecular weight is 265 g/mol. The summed E-state index contributed by atoms with van der Waals surface area (Å²) >= 11 is 1.66. The molecule has 18 heavy (non-hydrogen) atoms. The Morgan fingerprint density at radius 2 is 2.06 bits per heavy atom. The number of hydrogen-bond acceptors (Lipinski definition) is 5. The first-order valence-electron chi connectivity index (χ1n) is 6.79. The van der Waals surface area contributed by atoms with Crippen molar-refractivity contribution in [2.24, 2.45) is 5.73 Å². The van der Waals surface area contributed by atoms with E-state index in [2.05, 4.69) is 15.3 Å². The summed E-state index contributed by atoms with van der Waals surface area (Å²) in [7, 11) is 0. The van der Waals surface area contributed by atoms with Crippen molar-refractivity contribution in [2.45, 2.75) is 50.9 Å². The Kier molecular flexibility index (Phi) is 3.56. The third-order valence-electron chi connectivity index (χ3n) is 3.62. The molecule has 5 nitrogen and oxygen atoms in total. The molecule has 0 radical (unpaired) electrons. The van der Waals surface area contributed by atoms with Crippen LogP contribution < -0.4 is 5.73 Å². The Morgan fingerprint density at radius 1 is 1.22 bits per heavy atom. The van der Waals surface area contributed by atoms with E-state index in [9.17, 15) is 0 Å². The van der Waals surface area contributed by atoms with Crippen LogP contribution in [-0.2, 0) is 6.42 Å². The van der Waals surface area contributed by atoms with Crippen molar-refractivity contribution in [1.82, 2.24) is 19.8 Å². The molecular formula is C12H19N5S. The molecule has 0 aromatic carbocycles. The van der Waals surface area contributed by atoms with Gasteiger partial charge in [-0.2, -0.15) is 9.61 Å². The number of nitrogens with zero attached hydrogens (tertiary/aromatic N) is 4. The maximum absolute atomic E-state index is 5.51. The lowest BCUT2D eigenvalue weighted by Gasteiger charge is -2.03. The lowest BCUT2D eigenvalue weighted by atomic mass is 10.1. The van der Waals surface area contributed by atoms with E-state index in [1.165, 1.54) is 25.7 Å². The minimum Gasteiger partial charge on any atom is -0.330 e. The Hall–Kier alpha value is -1.01. The molecule has 0 bridgehead atoms. The Balaban J connectivity index is 1.79. The van der Waals surface area contributed by atoms with Crippen molar-refractivity contribution in [2.75, 3.05) is 6.54 Å². The monoisotopic (exact) mass is 265 g/mol. The lowest BCUT2D eigenvalue weighted by molar-refractivity contribution is 0.634. The molecule has 6 heteroatoms. The molecule has 2 aromatic heterocycles. The Bertz CT molecular complexity index is 511. The molecule has 0 saturated heterocycles. The van der Waals surface area contributed by atoms with E-state index >= 15 is 0 Å². The SMILES string of the molecule is NCCCCc1nn2c(C3CCCC3)nnc2s1. The van der Waals surface area contributed by atoms with Gasteiger partial charge in [0.2, 0.25) is 4.96 Å². The molecule has 2 N–H and O–H groups in total. The Morgan fingerprint density at radius 3 is 2.83 bits per heavy atom. The summed E-state index contributed by atoms with van der Waals surface area (Å²) in [6.45, 7) is 0.761. The fourth-order valence-electron chi connectivity index (χ4n) is 2.63. The molecule has 0 aliphatic heterocycles. The number of unbranched alkanes of at least 4 members (excludes halogenated alkanes) is 1. The smallest absolute Gasteiger partial charge is 0.234 e. The summed E-state index contributed by atoms with van der Waals surface area (Å²) in [5.74, 6) is 1.64. The van der Waals surface area contributed by atoms with Gasteiger partial charge in [-0.05, 0) is 32.2 Å². The second kappa shape index (κ2) is 5.32. The van der Waals surface area contributed by atoms with Crippen molar-refractivity contribution in [3.63, 3.8) is 0 Å². The van der Waals surface area contributed by atoms with Crippen molar-refractivity contribution >= 4 is 16.3 Å². The zero-order valence-corrected chi connectivity index (χ0v) is 11.3. The molecule has 1 fully saturated rings. The van der Waals surface area contributed by atoms with Gasteiger partial charge in [0.05, 0.1) is 0 Å². The number of rotatable bonds is 5. The first kappa shape index (κ1) is 12.0. The summed E-state index contributed by atoms with van der Waals surface area (Å²) in [5.41, 5.74) is 5.51. The van der Waals surface area contributed by atoms with Gasteiger partial charge in [-0.3, -0.25) is 0 Å². The normalized spacial score (nSPS) is 16.9. The van der Waals surface area contributed by atoms with Gasteiger partial charge in [0.15, 0.2) is 5.82 Å². The molecule has 0 amide bonds. The fourth-order valence-corrected chi connectivity index (χ4v) is 3.51.